The number of unbranched alkanes of at least 4 members (excludes halogenated alkanes) is 1. The summed E-state index contributed by atoms with van der Waals surface area (Å²) < 4.78 is 13.6. The lowest BCUT2D eigenvalue weighted by Gasteiger charge is -2.12. The molecule has 4 nitrogen and oxygen atoms in total. The van der Waals surface area contributed by atoms with Crippen LogP contribution in [0.1, 0.15) is 29.8 Å². The molecular formula is C26H28N2O2. The SMILES string of the molecule is COc1ccccc1OCCCCn1c(Cc2ccccc2C)nc2ccccc21. The lowest BCUT2D eigenvalue weighted by molar-refractivity contribution is 0.284. The molecule has 3 aromatic carbocycles. The van der Waals surface area contributed by atoms with Crippen LogP contribution in [-0.2, 0) is 13.0 Å². The number of fused-ring (bicyclic) bond motifs is 1. The Bertz CT molecular complexity index is 1120. The Morgan fingerprint density at radius 3 is 2.40 bits per heavy atom. The second kappa shape index (κ2) is 9.49. The fourth-order valence-electron chi connectivity index (χ4n) is 3.78. The van der Waals surface area contributed by atoms with E-state index in [2.05, 4.69) is 60.0 Å². The van der Waals surface area contributed by atoms with Crippen molar-refractivity contribution in [2.24, 2.45) is 0 Å². The van der Waals surface area contributed by atoms with E-state index in [-0.39, 0.29) is 0 Å². The molecule has 4 rings (SSSR count). The first-order valence-electron chi connectivity index (χ1n) is 10.5. The highest BCUT2D eigenvalue weighted by Crippen LogP contribution is 2.26. The van der Waals surface area contributed by atoms with Gasteiger partial charge in [-0.15, -0.1) is 0 Å². The van der Waals surface area contributed by atoms with Crippen LogP contribution >= 0.6 is 0 Å². The van der Waals surface area contributed by atoms with Gasteiger partial charge in [0.15, 0.2) is 11.5 Å². The van der Waals surface area contributed by atoms with Crippen molar-refractivity contribution in [2.75, 3.05) is 13.7 Å². The number of nitrogens with zero attached hydrogens (tertiary/aromatic N) is 2. The molecule has 0 saturated heterocycles. The molecule has 30 heavy (non-hydrogen) atoms. The van der Waals surface area contributed by atoms with Crippen molar-refractivity contribution < 1.29 is 9.47 Å². The summed E-state index contributed by atoms with van der Waals surface area (Å²) in [7, 11) is 1.67. The van der Waals surface area contributed by atoms with Crippen molar-refractivity contribution >= 4 is 11.0 Å². The maximum atomic E-state index is 5.93. The summed E-state index contributed by atoms with van der Waals surface area (Å²) in [5.41, 5.74) is 4.90. The van der Waals surface area contributed by atoms with Gasteiger partial charge in [-0.2, -0.15) is 0 Å². The number of aryl methyl sites for hydroxylation is 2. The lowest BCUT2D eigenvalue weighted by atomic mass is 10.1. The maximum Gasteiger partial charge on any atom is 0.161 e. The normalized spacial score (nSPS) is 11.0. The fourth-order valence-corrected chi connectivity index (χ4v) is 3.78. The van der Waals surface area contributed by atoms with E-state index in [0.29, 0.717) is 6.61 Å². The van der Waals surface area contributed by atoms with Gasteiger partial charge >= 0.3 is 0 Å². The summed E-state index contributed by atoms with van der Waals surface area (Å²) in [6.45, 7) is 3.76. The highest BCUT2D eigenvalue weighted by molar-refractivity contribution is 5.76. The van der Waals surface area contributed by atoms with Crippen molar-refractivity contribution in [1.29, 1.82) is 0 Å². The van der Waals surface area contributed by atoms with Crippen LogP contribution in [0.25, 0.3) is 11.0 Å². The van der Waals surface area contributed by atoms with Crippen molar-refractivity contribution in [3.05, 3.63) is 89.7 Å². The molecule has 1 aromatic heterocycles. The lowest BCUT2D eigenvalue weighted by Crippen LogP contribution is -2.07. The maximum absolute atomic E-state index is 5.93. The second-order valence-electron chi connectivity index (χ2n) is 7.48. The number of imidazole rings is 1. The van der Waals surface area contributed by atoms with Crippen molar-refractivity contribution in [3.63, 3.8) is 0 Å². The zero-order valence-electron chi connectivity index (χ0n) is 17.7. The van der Waals surface area contributed by atoms with Crippen molar-refractivity contribution in [2.45, 2.75) is 32.7 Å². The Morgan fingerprint density at radius 1 is 0.833 bits per heavy atom. The minimum atomic E-state index is 0.667. The topological polar surface area (TPSA) is 36.3 Å². The zero-order chi connectivity index (χ0) is 20.8. The Kier molecular flexibility index (Phi) is 6.33. The smallest absolute Gasteiger partial charge is 0.161 e. The third-order valence-corrected chi connectivity index (χ3v) is 5.45. The molecule has 0 aliphatic rings. The summed E-state index contributed by atoms with van der Waals surface area (Å²) >= 11 is 0. The van der Waals surface area contributed by atoms with E-state index in [0.717, 1.165) is 48.6 Å². The standard InChI is InChI=1S/C26H28N2O2/c1-20-11-3-4-12-21(20)19-26-27-22-13-5-6-14-23(22)28(26)17-9-10-18-30-25-16-8-7-15-24(25)29-2/h3-8,11-16H,9-10,17-19H2,1-2H3. The molecule has 0 radical (unpaired) electrons. The van der Waals surface area contributed by atoms with Crippen LogP contribution in [0.15, 0.2) is 72.8 Å². The van der Waals surface area contributed by atoms with E-state index in [1.807, 2.05) is 24.3 Å². The highest BCUT2D eigenvalue weighted by Gasteiger charge is 2.12. The number of hydrogen-bond acceptors (Lipinski definition) is 3. The summed E-state index contributed by atoms with van der Waals surface area (Å²) in [5, 5.41) is 0. The summed E-state index contributed by atoms with van der Waals surface area (Å²) in [6.07, 6.45) is 2.84. The average Bonchev–Trinajstić information content (AvgIpc) is 3.12. The molecule has 0 amide bonds. The Labute approximate surface area is 178 Å². The average molecular weight is 401 g/mol. The first-order valence-corrected chi connectivity index (χ1v) is 10.5. The van der Waals surface area contributed by atoms with E-state index in [4.69, 9.17) is 14.5 Å². The second-order valence-corrected chi connectivity index (χ2v) is 7.48. The van der Waals surface area contributed by atoms with Crippen LogP contribution in [0, 0.1) is 6.92 Å². The summed E-state index contributed by atoms with van der Waals surface area (Å²) in [4.78, 5) is 4.93. The molecule has 0 N–H and O–H groups in total. The number of hydrogen-bond donors (Lipinski definition) is 0. The highest BCUT2D eigenvalue weighted by atomic mass is 16.5. The molecule has 0 atom stereocenters. The van der Waals surface area contributed by atoms with Gasteiger partial charge in [0, 0.05) is 13.0 Å². The van der Waals surface area contributed by atoms with Crippen LogP contribution < -0.4 is 9.47 Å². The van der Waals surface area contributed by atoms with E-state index >= 15 is 0 Å². The molecule has 0 saturated carbocycles. The predicted molar refractivity (Wildman–Crippen MR) is 121 cm³/mol. The molecule has 0 spiro atoms. The number of para-hydroxylation sites is 4. The summed E-state index contributed by atoms with van der Waals surface area (Å²) in [5.74, 6) is 2.70. The van der Waals surface area contributed by atoms with Crippen molar-refractivity contribution in [3.8, 4) is 11.5 Å². The van der Waals surface area contributed by atoms with Gasteiger partial charge in [-0.1, -0.05) is 48.5 Å². The monoisotopic (exact) mass is 400 g/mol. The quantitative estimate of drug-likeness (QED) is 0.333. The largest absolute Gasteiger partial charge is 0.493 e. The minimum Gasteiger partial charge on any atom is -0.493 e. The van der Waals surface area contributed by atoms with Gasteiger partial charge in [-0.05, 0) is 55.2 Å². The molecular weight excluding hydrogens is 372 g/mol. The molecule has 1 heterocycles. The third-order valence-electron chi connectivity index (χ3n) is 5.45. The molecule has 0 unspecified atom stereocenters. The molecule has 154 valence electrons. The van der Waals surface area contributed by atoms with Gasteiger partial charge in [0.1, 0.15) is 5.82 Å². The van der Waals surface area contributed by atoms with Gasteiger partial charge in [0.2, 0.25) is 0 Å². The van der Waals surface area contributed by atoms with E-state index in [1.165, 1.54) is 16.6 Å². The van der Waals surface area contributed by atoms with E-state index in [9.17, 15) is 0 Å². The molecule has 4 aromatic rings. The van der Waals surface area contributed by atoms with E-state index in [1.54, 1.807) is 7.11 Å². The van der Waals surface area contributed by atoms with Crippen LogP contribution in [-0.4, -0.2) is 23.3 Å². The number of methoxy groups -OCH3 is 1. The predicted octanol–water partition coefficient (Wildman–Crippen LogP) is 5.80. The number of benzene rings is 3. The number of ether oxygens (including phenoxy) is 2. The molecule has 0 fully saturated rings. The Morgan fingerprint density at radius 2 is 1.57 bits per heavy atom. The first-order chi connectivity index (χ1) is 14.8. The van der Waals surface area contributed by atoms with Gasteiger partial charge in [0.25, 0.3) is 0 Å². The van der Waals surface area contributed by atoms with Crippen LogP contribution in [0.5, 0.6) is 11.5 Å². The van der Waals surface area contributed by atoms with Crippen LogP contribution in [0.4, 0.5) is 0 Å². The minimum absolute atomic E-state index is 0.667. The third kappa shape index (κ3) is 4.48. The first kappa shape index (κ1) is 20.0. The Balaban J connectivity index is 1.43. The molecule has 0 aliphatic heterocycles. The van der Waals surface area contributed by atoms with Gasteiger partial charge in [-0.3, -0.25) is 0 Å². The molecule has 4 heteroatoms. The van der Waals surface area contributed by atoms with Crippen LogP contribution in [0.2, 0.25) is 0 Å². The Hall–Kier alpha value is -3.27. The van der Waals surface area contributed by atoms with Gasteiger partial charge < -0.3 is 14.0 Å². The number of aromatic nitrogens is 2. The van der Waals surface area contributed by atoms with Gasteiger partial charge in [-0.25, -0.2) is 4.98 Å². The van der Waals surface area contributed by atoms with Crippen LogP contribution in [0.3, 0.4) is 0 Å². The van der Waals surface area contributed by atoms with E-state index < -0.39 is 0 Å². The molecule has 0 bridgehead atoms. The molecule has 0 aliphatic carbocycles. The fraction of sp³-hybridized carbons (Fsp3) is 0.269. The summed E-state index contributed by atoms with van der Waals surface area (Å²) in [6, 6.07) is 24.7. The zero-order valence-corrected chi connectivity index (χ0v) is 17.7. The van der Waals surface area contributed by atoms with Gasteiger partial charge in [0.05, 0.1) is 24.8 Å². The van der Waals surface area contributed by atoms with Crippen molar-refractivity contribution in [1.82, 2.24) is 9.55 Å². The number of rotatable bonds is 9.